The van der Waals surface area contributed by atoms with Gasteiger partial charge in [-0.2, -0.15) is 5.10 Å². The third-order valence-corrected chi connectivity index (χ3v) is 5.42. The first-order valence-corrected chi connectivity index (χ1v) is 10.1. The first-order chi connectivity index (χ1) is 14.8. The van der Waals surface area contributed by atoms with Crippen molar-refractivity contribution in [3.63, 3.8) is 0 Å². The van der Waals surface area contributed by atoms with Crippen molar-refractivity contribution in [1.29, 1.82) is 5.41 Å². The molecule has 1 aromatic carbocycles. The molecular formula is C21H26ClN7O2. The molecule has 0 fully saturated rings. The summed E-state index contributed by atoms with van der Waals surface area (Å²) in [6.45, 7) is 5.90. The summed E-state index contributed by atoms with van der Waals surface area (Å²) in [4.78, 5) is 8.26. The SMILES string of the molecule is COc1c(C(C)Nc2ncnc(N)c2C(C)=N)cc(Cl)c(C)c1-c1cnn(CCO)c1. The van der Waals surface area contributed by atoms with Crippen molar-refractivity contribution in [3.8, 4) is 16.9 Å². The van der Waals surface area contributed by atoms with E-state index in [0.717, 1.165) is 22.3 Å². The number of aromatic nitrogens is 4. The smallest absolute Gasteiger partial charge is 0.141 e. The minimum atomic E-state index is -0.272. The van der Waals surface area contributed by atoms with Crippen LogP contribution in [-0.2, 0) is 6.54 Å². The molecule has 3 rings (SSSR count). The Morgan fingerprint density at radius 3 is 2.81 bits per heavy atom. The van der Waals surface area contributed by atoms with E-state index in [2.05, 4.69) is 20.4 Å². The monoisotopic (exact) mass is 443 g/mol. The number of aliphatic hydroxyl groups excluding tert-OH is 1. The first-order valence-electron chi connectivity index (χ1n) is 9.71. The number of nitrogen functional groups attached to an aromatic ring is 1. The molecule has 9 nitrogen and oxygen atoms in total. The number of hydrogen-bond donors (Lipinski definition) is 4. The molecule has 0 spiro atoms. The van der Waals surface area contributed by atoms with Gasteiger partial charge in [0.1, 0.15) is 23.7 Å². The van der Waals surface area contributed by atoms with E-state index in [1.165, 1.54) is 6.33 Å². The molecule has 164 valence electrons. The summed E-state index contributed by atoms with van der Waals surface area (Å²) in [5, 5.41) is 25.4. The summed E-state index contributed by atoms with van der Waals surface area (Å²) >= 11 is 6.59. The van der Waals surface area contributed by atoms with Gasteiger partial charge in [-0.25, -0.2) is 9.97 Å². The van der Waals surface area contributed by atoms with Crippen molar-refractivity contribution in [2.45, 2.75) is 33.4 Å². The van der Waals surface area contributed by atoms with Gasteiger partial charge in [0.2, 0.25) is 0 Å². The predicted molar refractivity (Wildman–Crippen MR) is 122 cm³/mol. The molecule has 3 aromatic rings. The number of aliphatic hydroxyl groups is 1. The van der Waals surface area contributed by atoms with Crippen LogP contribution >= 0.6 is 11.6 Å². The van der Waals surface area contributed by atoms with Gasteiger partial charge in [-0.1, -0.05) is 11.6 Å². The lowest BCUT2D eigenvalue weighted by Gasteiger charge is -2.23. The van der Waals surface area contributed by atoms with Crippen molar-refractivity contribution >= 4 is 28.9 Å². The van der Waals surface area contributed by atoms with E-state index < -0.39 is 0 Å². The maximum Gasteiger partial charge on any atom is 0.141 e. The van der Waals surface area contributed by atoms with Gasteiger partial charge in [0.05, 0.1) is 38.1 Å². The van der Waals surface area contributed by atoms with E-state index >= 15 is 0 Å². The Hall–Kier alpha value is -3.17. The van der Waals surface area contributed by atoms with Crippen molar-refractivity contribution in [3.05, 3.63) is 46.5 Å². The highest BCUT2D eigenvalue weighted by molar-refractivity contribution is 6.32. The second-order valence-electron chi connectivity index (χ2n) is 7.17. The quantitative estimate of drug-likeness (QED) is 0.391. The number of halogens is 1. The lowest BCUT2D eigenvalue weighted by molar-refractivity contribution is 0.269. The van der Waals surface area contributed by atoms with E-state index in [4.69, 9.17) is 27.5 Å². The zero-order chi connectivity index (χ0) is 22.7. The molecule has 0 aliphatic carbocycles. The molecule has 1 unspecified atom stereocenters. The molecular weight excluding hydrogens is 418 g/mol. The second kappa shape index (κ2) is 9.32. The van der Waals surface area contributed by atoms with Crippen LogP contribution in [0.15, 0.2) is 24.8 Å². The van der Waals surface area contributed by atoms with Crippen LogP contribution in [0.2, 0.25) is 5.02 Å². The Morgan fingerprint density at radius 2 is 2.16 bits per heavy atom. The molecule has 2 aromatic heterocycles. The first kappa shape index (κ1) is 22.5. The van der Waals surface area contributed by atoms with Crippen LogP contribution in [0.25, 0.3) is 11.1 Å². The molecule has 10 heteroatoms. The van der Waals surface area contributed by atoms with Gasteiger partial charge in [-0.05, 0) is 32.4 Å². The molecule has 2 heterocycles. The molecule has 0 amide bonds. The van der Waals surface area contributed by atoms with Crippen LogP contribution < -0.4 is 15.8 Å². The Morgan fingerprint density at radius 1 is 1.42 bits per heavy atom. The van der Waals surface area contributed by atoms with E-state index in [9.17, 15) is 5.11 Å². The van der Waals surface area contributed by atoms with Crippen LogP contribution in [0.4, 0.5) is 11.6 Å². The van der Waals surface area contributed by atoms with Gasteiger partial charge in [-0.15, -0.1) is 0 Å². The lowest BCUT2D eigenvalue weighted by atomic mass is 9.95. The number of rotatable bonds is 8. The number of hydrogen-bond acceptors (Lipinski definition) is 8. The van der Waals surface area contributed by atoms with Crippen LogP contribution in [0, 0.1) is 12.3 Å². The standard InChI is InChI=1S/C21H26ClN7O2/c1-11-16(22)7-15(13(3)28-21-18(12(2)23)20(24)25-10-26-21)19(31-4)17(11)14-8-27-29(9-14)5-6-30/h7-10,13,23,30H,5-6H2,1-4H3,(H3,24,25,26,28). The Kier molecular flexibility index (Phi) is 6.77. The van der Waals surface area contributed by atoms with Crippen LogP contribution in [0.3, 0.4) is 0 Å². The van der Waals surface area contributed by atoms with E-state index in [1.54, 1.807) is 24.9 Å². The topological polar surface area (TPSA) is 135 Å². The summed E-state index contributed by atoms with van der Waals surface area (Å²) in [5.74, 6) is 1.35. The molecule has 0 radical (unpaired) electrons. The molecule has 5 N–H and O–H groups in total. The molecule has 31 heavy (non-hydrogen) atoms. The summed E-state index contributed by atoms with van der Waals surface area (Å²) in [6, 6.07) is 1.59. The van der Waals surface area contributed by atoms with Gasteiger partial charge in [0.15, 0.2) is 0 Å². The minimum Gasteiger partial charge on any atom is -0.496 e. The van der Waals surface area contributed by atoms with Gasteiger partial charge < -0.3 is 26.3 Å². The van der Waals surface area contributed by atoms with Crippen molar-refractivity contribution in [2.75, 3.05) is 24.8 Å². The van der Waals surface area contributed by atoms with E-state index in [0.29, 0.717) is 28.7 Å². The predicted octanol–water partition coefficient (Wildman–Crippen LogP) is 3.45. The Balaban J connectivity index is 2.08. The summed E-state index contributed by atoms with van der Waals surface area (Å²) < 4.78 is 7.48. The number of ether oxygens (including phenoxy) is 1. The number of anilines is 2. The number of nitrogens with one attached hydrogen (secondary N) is 2. The number of nitrogens with two attached hydrogens (primary N) is 1. The fourth-order valence-corrected chi connectivity index (χ4v) is 3.72. The second-order valence-corrected chi connectivity index (χ2v) is 7.58. The molecule has 0 saturated carbocycles. The highest BCUT2D eigenvalue weighted by Crippen LogP contribution is 2.42. The number of nitrogens with zero attached hydrogens (tertiary/aromatic N) is 4. The van der Waals surface area contributed by atoms with Crippen molar-refractivity contribution in [1.82, 2.24) is 19.7 Å². The van der Waals surface area contributed by atoms with Gasteiger partial charge in [-0.3, -0.25) is 4.68 Å². The fraction of sp³-hybridized carbons (Fsp3) is 0.333. The highest BCUT2D eigenvalue weighted by atomic mass is 35.5. The largest absolute Gasteiger partial charge is 0.496 e. The third-order valence-electron chi connectivity index (χ3n) is 5.03. The third kappa shape index (κ3) is 4.47. The fourth-order valence-electron chi connectivity index (χ4n) is 3.51. The lowest BCUT2D eigenvalue weighted by Crippen LogP contribution is -2.15. The number of methoxy groups -OCH3 is 1. The molecule has 0 bridgehead atoms. The zero-order valence-electron chi connectivity index (χ0n) is 17.9. The molecule has 0 aliphatic heterocycles. The average Bonchev–Trinajstić information content (AvgIpc) is 3.17. The maximum atomic E-state index is 9.19. The van der Waals surface area contributed by atoms with Crippen LogP contribution in [0.5, 0.6) is 5.75 Å². The normalized spacial score (nSPS) is 11.9. The van der Waals surface area contributed by atoms with Gasteiger partial charge in [0, 0.05) is 33.6 Å². The van der Waals surface area contributed by atoms with Gasteiger partial charge in [0.25, 0.3) is 0 Å². The number of benzene rings is 1. The average molecular weight is 444 g/mol. The Bertz CT molecular complexity index is 1110. The van der Waals surface area contributed by atoms with Crippen molar-refractivity contribution in [2.24, 2.45) is 0 Å². The molecule has 1 atom stereocenters. The molecule has 0 saturated heterocycles. The summed E-state index contributed by atoms with van der Waals surface area (Å²) in [5.41, 5.74) is 10.0. The minimum absolute atomic E-state index is 0.00415. The maximum absolute atomic E-state index is 9.19. The van der Waals surface area contributed by atoms with Gasteiger partial charge >= 0.3 is 0 Å². The summed E-state index contributed by atoms with van der Waals surface area (Å²) in [6.07, 6.45) is 4.93. The molecule has 0 aliphatic rings. The summed E-state index contributed by atoms with van der Waals surface area (Å²) in [7, 11) is 1.61. The highest BCUT2D eigenvalue weighted by Gasteiger charge is 2.23. The van der Waals surface area contributed by atoms with Crippen LogP contribution in [-0.4, -0.2) is 44.3 Å². The zero-order valence-corrected chi connectivity index (χ0v) is 18.7. The Labute approximate surface area is 185 Å². The van der Waals surface area contributed by atoms with E-state index in [1.807, 2.05) is 26.1 Å². The van der Waals surface area contributed by atoms with Crippen molar-refractivity contribution < 1.29 is 9.84 Å². The van der Waals surface area contributed by atoms with E-state index in [-0.39, 0.29) is 24.2 Å². The van der Waals surface area contributed by atoms with Crippen LogP contribution in [0.1, 0.15) is 36.6 Å².